The van der Waals surface area contributed by atoms with E-state index in [1.165, 1.54) is 12.0 Å². The summed E-state index contributed by atoms with van der Waals surface area (Å²) in [5.74, 6) is 1.76. The Balaban J connectivity index is 1.74. The normalized spacial score (nSPS) is 27.0. The standard InChI is InChI=1S/C18H25NO2/c1-13-12-19(2)10-4-7-18(13)21-15-8-9-16-14(11-15)5-3-6-17(16)20/h8-9,11,13,18H,3-7,10,12H2,1-2H3. The van der Waals surface area contributed by atoms with Crippen molar-refractivity contribution >= 4 is 5.78 Å². The van der Waals surface area contributed by atoms with Crippen LogP contribution in [-0.2, 0) is 6.42 Å². The molecule has 1 saturated heterocycles. The second kappa shape index (κ2) is 6.18. The Labute approximate surface area is 127 Å². The molecule has 1 fully saturated rings. The molecule has 0 amide bonds. The van der Waals surface area contributed by atoms with Gasteiger partial charge in [-0.1, -0.05) is 6.92 Å². The lowest BCUT2D eigenvalue weighted by Gasteiger charge is -2.25. The summed E-state index contributed by atoms with van der Waals surface area (Å²) in [4.78, 5) is 14.3. The highest BCUT2D eigenvalue weighted by Gasteiger charge is 2.24. The van der Waals surface area contributed by atoms with E-state index in [9.17, 15) is 4.79 Å². The minimum atomic E-state index is 0.284. The predicted octanol–water partition coefficient (Wildman–Crippen LogP) is 3.31. The number of carbonyl (C=O) groups excluding carboxylic acids is 1. The van der Waals surface area contributed by atoms with Crippen LogP contribution in [0, 0.1) is 5.92 Å². The summed E-state index contributed by atoms with van der Waals surface area (Å²) >= 11 is 0. The molecule has 21 heavy (non-hydrogen) atoms. The van der Waals surface area contributed by atoms with Crippen LogP contribution in [0.4, 0.5) is 0 Å². The fourth-order valence-electron chi connectivity index (χ4n) is 3.59. The number of likely N-dealkylation sites (tertiary alicyclic amines) is 1. The highest BCUT2D eigenvalue weighted by molar-refractivity contribution is 5.98. The topological polar surface area (TPSA) is 29.5 Å². The number of hydrogen-bond donors (Lipinski definition) is 0. The van der Waals surface area contributed by atoms with Gasteiger partial charge in [-0.15, -0.1) is 0 Å². The van der Waals surface area contributed by atoms with E-state index in [2.05, 4.69) is 24.9 Å². The molecule has 1 heterocycles. The summed E-state index contributed by atoms with van der Waals surface area (Å²) in [6.07, 6.45) is 5.25. The molecule has 2 atom stereocenters. The van der Waals surface area contributed by atoms with E-state index in [4.69, 9.17) is 4.74 Å². The molecule has 1 aromatic rings. The fraction of sp³-hybridized carbons (Fsp3) is 0.611. The second-order valence-electron chi connectivity index (χ2n) is 6.63. The fourth-order valence-corrected chi connectivity index (χ4v) is 3.59. The van der Waals surface area contributed by atoms with E-state index >= 15 is 0 Å². The molecule has 1 aliphatic carbocycles. The lowest BCUT2D eigenvalue weighted by molar-refractivity contribution is 0.0972. The number of fused-ring (bicyclic) bond motifs is 1. The molecule has 2 unspecified atom stereocenters. The lowest BCUT2D eigenvalue weighted by Crippen LogP contribution is -2.30. The van der Waals surface area contributed by atoms with Crippen molar-refractivity contribution in [3.63, 3.8) is 0 Å². The molecule has 3 heteroatoms. The molecule has 0 aromatic heterocycles. The van der Waals surface area contributed by atoms with Crippen LogP contribution in [-0.4, -0.2) is 36.9 Å². The summed E-state index contributed by atoms with van der Waals surface area (Å²) in [6.45, 7) is 4.52. The highest BCUT2D eigenvalue weighted by Crippen LogP contribution is 2.28. The zero-order valence-electron chi connectivity index (χ0n) is 13.1. The molecule has 3 rings (SSSR count). The molecular weight excluding hydrogens is 262 g/mol. The maximum Gasteiger partial charge on any atom is 0.163 e. The number of rotatable bonds is 2. The third-order valence-corrected chi connectivity index (χ3v) is 4.78. The lowest BCUT2D eigenvalue weighted by atomic mass is 9.90. The summed E-state index contributed by atoms with van der Waals surface area (Å²) in [7, 11) is 2.18. The summed E-state index contributed by atoms with van der Waals surface area (Å²) in [5.41, 5.74) is 2.07. The van der Waals surface area contributed by atoms with Gasteiger partial charge < -0.3 is 9.64 Å². The van der Waals surface area contributed by atoms with Crippen LogP contribution in [0.1, 0.15) is 48.5 Å². The number of ether oxygens (including phenoxy) is 1. The number of aryl methyl sites for hydroxylation is 1. The van der Waals surface area contributed by atoms with E-state index in [0.717, 1.165) is 43.7 Å². The molecule has 2 aliphatic rings. The first-order valence-electron chi connectivity index (χ1n) is 8.15. The van der Waals surface area contributed by atoms with Crippen LogP contribution in [0.2, 0.25) is 0 Å². The average molecular weight is 287 g/mol. The third kappa shape index (κ3) is 3.29. The average Bonchev–Trinajstić information content (AvgIpc) is 2.60. The molecule has 0 radical (unpaired) electrons. The number of carbonyl (C=O) groups is 1. The van der Waals surface area contributed by atoms with Gasteiger partial charge in [0.1, 0.15) is 11.9 Å². The number of ketones is 1. The molecule has 1 aliphatic heterocycles. The van der Waals surface area contributed by atoms with Crippen LogP contribution in [0.15, 0.2) is 18.2 Å². The van der Waals surface area contributed by atoms with Crippen LogP contribution in [0.5, 0.6) is 5.75 Å². The van der Waals surface area contributed by atoms with Crippen molar-refractivity contribution in [1.82, 2.24) is 4.90 Å². The van der Waals surface area contributed by atoms with Crippen molar-refractivity contribution in [2.45, 2.75) is 45.1 Å². The molecule has 0 saturated carbocycles. The molecule has 3 nitrogen and oxygen atoms in total. The largest absolute Gasteiger partial charge is 0.490 e. The van der Waals surface area contributed by atoms with Gasteiger partial charge in [0.15, 0.2) is 5.78 Å². The van der Waals surface area contributed by atoms with Gasteiger partial charge in [-0.05, 0) is 63.0 Å². The number of Topliss-reactive ketones (excluding diaryl/α,β-unsaturated/α-hetero) is 1. The number of benzene rings is 1. The van der Waals surface area contributed by atoms with Gasteiger partial charge in [0.25, 0.3) is 0 Å². The van der Waals surface area contributed by atoms with Crippen LogP contribution >= 0.6 is 0 Å². The summed E-state index contributed by atoms with van der Waals surface area (Å²) in [5, 5.41) is 0. The first kappa shape index (κ1) is 14.6. The Morgan fingerprint density at radius 1 is 1.24 bits per heavy atom. The van der Waals surface area contributed by atoms with Crippen LogP contribution in [0.3, 0.4) is 0 Å². The van der Waals surface area contributed by atoms with Crippen molar-refractivity contribution in [3.05, 3.63) is 29.3 Å². The van der Waals surface area contributed by atoms with Crippen molar-refractivity contribution in [2.24, 2.45) is 5.92 Å². The minimum absolute atomic E-state index is 0.284. The van der Waals surface area contributed by atoms with Gasteiger partial charge in [0, 0.05) is 24.4 Å². The van der Waals surface area contributed by atoms with Crippen LogP contribution in [0.25, 0.3) is 0 Å². The quantitative estimate of drug-likeness (QED) is 0.835. The van der Waals surface area contributed by atoms with Crippen molar-refractivity contribution in [3.8, 4) is 5.75 Å². The zero-order chi connectivity index (χ0) is 14.8. The van der Waals surface area contributed by atoms with Gasteiger partial charge in [-0.25, -0.2) is 0 Å². The number of nitrogens with zero attached hydrogens (tertiary/aromatic N) is 1. The first-order chi connectivity index (χ1) is 10.1. The Kier molecular flexibility index (Phi) is 4.29. The van der Waals surface area contributed by atoms with Crippen molar-refractivity contribution < 1.29 is 9.53 Å². The monoisotopic (exact) mass is 287 g/mol. The maximum atomic E-state index is 11.9. The SMILES string of the molecule is CC1CN(C)CCCC1Oc1ccc2c(c1)CCCC2=O. The molecular formula is C18H25NO2. The molecule has 0 spiro atoms. The first-order valence-corrected chi connectivity index (χ1v) is 8.15. The van der Waals surface area contributed by atoms with Gasteiger partial charge in [0.05, 0.1) is 0 Å². The van der Waals surface area contributed by atoms with Crippen LogP contribution < -0.4 is 4.74 Å². The number of hydrogen-bond acceptors (Lipinski definition) is 3. The van der Waals surface area contributed by atoms with E-state index in [1.54, 1.807) is 0 Å². The van der Waals surface area contributed by atoms with E-state index in [0.29, 0.717) is 12.3 Å². The van der Waals surface area contributed by atoms with Crippen molar-refractivity contribution in [2.75, 3.05) is 20.1 Å². The highest BCUT2D eigenvalue weighted by atomic mass is 16.5. The Bertz CT molecular complexity index is 526. The van der Waals surface area contributed by atoms with Gasteiger partial charge in [0.2, 0.25) is 0 Å². The minimum Gasteiger partial charge on any atom is -0.490 e. The molecule has 0 N–H and O–H groups in total. The van der Waals surface area contributed by atoms with Gasteiger partial charge in [-0.2, -0.15) is 0 Å². The maximum absolute atomic E-state index is 11.9. The van der Waals surface area contributed by atoms with Gasteiger partial charge >= 0.3 is 0 Å². The smallest absolute Gasteiger partial charge is 0.163 e. The second-order valence-corrected chi connectivity index (χ2v) is 6.63. The van der Waals surface area contributed by atoms with Crippen molar-refractivity contribution in [1.29, 1.82) is 0 Å². The summed E-state index contributed by atoms with van der Waals surface area (Å²) < 4.78 is 6.26. The molecule has 114 valence electrons. The summed E-state index contributed by atoms with van der Waals surface area (Å²) in [6, 6.07) is 6.02. The molecule has 0 bridgehead atoms. The van der Waals surface area contributed by atoms with E-state index in [-0.39, 0.29) is 11.9 Å². The molecule has 1 aromatic carbocycles. The zero-order valence-corrected chi connectivity index (χ0v) is 13.1. The Hall–Kier alpha value is -1.35. The predicted molar refractivity (Wildman–Crippen MR) is 84.0 cm³/mol. The van der Waals surface area contributed by atoms with E-state index in [1.807, 2.05) is 12.1 Å². The Morgan fingerprint density at radius 3 is 2.95 bits per heavy atom. The van der Waals surface area contributed by atoms with E-state index < -0.39 is 0 Å². The Morgan fingerprint density at radius 2 is 2.10 bits per heavy atom. The van der Waals surface area contributed by atoms with Gasteiger partial charge in [-0.3, -0.25) is 4.79 Å². The third-order valence-electron chi connectivity index (χ3n) is 4.78.